The van der Waals surface area contributed by atoms with E-state index in [9.17, 15) is 66.4 Å². The average Bonchev–Trinajstić information content (AvgIpc) is 1.43. The molecule has 34 heteroatoms. The standard InChI is InChI=1S/C34H38FN3O3.C14H22FN3O2.C14H19FN2O3.C13H17FN2O4.C12H18FN3O4.5CH4/c1-5-22-33(6-2)24(3)30(35)31(41-33)38-23-21-29(36-32(38)39)37-34(25-13-9-7-10-14-25,26-15-11-8-12-16-26)27-17-19-28(40-4)20-18-27;1-4-7-14(5-2)9(3)11(15)12(20-14)18-8-6-10(16)17-13(18)19;1-4-7-14(5-2)9(3)11(15)12(20-14)17-8-6-10(18)16-13(17)19;1-3-5-13(7-17)8(2)10(14)11(20-13)16-6-4-9(18)15-12(16)19;1-2-4-12(6-17)9(18)8(13)10(20-12)16-5-3-7(14)15-11(16)19;;;;;/h5,7-21,23-24,29-31,37H,1,6,22H2,2-4H3,(H,36,39);4,6,8-12H,1,5,7,16H2,2-3H3,(H,17,19);4,6,8-9,11-12H,1,5,7H2,2-3H3,(H,16,18,19);3-4,6,8,10-11,17H,1,5,7H2,2H3,(H,15,18,19);2-3,5,7-10,17-18H,1,4,6,14H2,(H,15,19);5*1H4/t24-,29?,30+,31+,33-;9-,10?,11+,12+,14-;9-,11+,12+,14-;8-,10+,11+,13+;7?,8-,9+,10-,12-;;;;;/m00001...../s1. The van der Waals surface area contributed by atoms with Gasteiger partial charge in [-0.15, -0.1) is 32.9 Å². The Balaban J connectivity index is 0.000000341. The number of aliphatic hydroxyl groups is 3. The van der Waals surface area contributed by atoms with Gasteiger partial charge in [0.05, 0.1) is 55.0 Å². The molecule has 8 aliphatic rings. The molecule has 13 N–H and O–H groups in total. The van der Waals surface area contributed by atoms with E-state index in [-0.39, 0.29) is 74.3 Å². The minimum absolute atomic E-state index is 0. The lowest BCUT2D eigenvalue weighted by atomic mass is 9.76. The van der Waals surface area contributed by atoms with Crippen LogP contribution in [-0.2, 0) is 29.2 Å². The number of nitrogens with zero attached hydrogens (tertiary/aromatic N) is 5. The van der Waals surface area contributed by atoms with Gasteiger partial charge >= 0.3 is 29.5 Å². The van der Waals surface area contributed by atoms with Crippen LogP contribution >= 0.6 is 0 Å². The van der Waals surface area contributed by atoms with Crippen molar-refractivity contribution < 1.29 is 80.1 Å². The van der Waals surface area contributed by atoms with E-state index in [4.69, 9.17) is 39.9 Å². The van der Waals surface area contributed by atoms with Crippen LogP contribution in [0.5, 0.6) is 5.75 Å². The van der Waals surface area contributed by atoms with E-state index in [1.807, 2.05) is 101 Å². The number of carbonyl (C=O) groups is 3. The number of methoxy groups -OCH3 is 1. The van der Waals surface area contributed by atoms with Crippen LogP contribution in [0.25, 0.3) is 0 Å². The Labute approximate surface area is 736 Å². The maximum Gasteiger partial charge on any atom is 0.330 e. The second-order valence-electron chi connectivity index (χ2n) is 31.0. The molecule has 10 heterocycles. The summed E-state index contributed by atoms with van der Waals surface area (Å²) in [4.78, 5) is 90.5. The average molecular weight is 1770 g/mol. The fraction of sp³-hybridized carbons (Fsp3) is 0.511. The first-order chi connectivity index (χ1) is 57.7. The predicted molar refractivity (Wildman–Crippen MR) is 478 cm³/mol. The predicted octanol–water partition coefficient (Wildman–Crippen LogP) is 12.8. The summed E-state index contributed by atoms with van der Waals surface area (Å²) >= 11 is 0. The monoisotopic (exact) mass is 1770 g/mol. The number of amides is 6. The first-order valence-corrected chi connectivity index (χ1v) is 40.2. The normalized spacial score (nSPS) is 32.0. The highest BCUT2D eigenvalue weighted by atomic mass is 19.2. The summed E-state index contributed by atoms with van der Waals surface area (Å²) in [5.74, 6) is -0.932. The quantitative estimate of drug-likeness (QED) is 0.0139. The smallest absolute Gasteiger partial charge is 0.330 e. The molecule has 29 nitrogen and oxygen atoms in total. The van der Waals surface area contributed by atoms with Gasteiger partial charge in [0.25, 0.3) is 11.1 Å². The van der Waals surface area contributed by atoms with Crippen molar-refractivity contribution in [1.82, 2.24) is 55.1 Å². The second kappa shape index (κ2) is 46.5. The number of aromatic nitrogens is 4. The van der Waals surface area contributed by atoms with E-state index in [1.165, 1.54) is 58.9 Å². The third kappa shape index (κ3) is 22.1. The van der Waals surface area contributed by atoms with Crippen molar-refractivity contribution in [3.05, 3.63) is 268 Å². The van der Waals surface area contributed by atoms with E-state index < -0.39 is 173 Å². The number of urea groups is 3. The summed E-state index contributed by atoms with van der Waals surface area (Å²) in [5.41, 5.74) is 6.13. The maximum atomic E-state index is 15.6. The molecule has 126 heavy (non-hydrogen) atoms. The fourth-order valence-corrected chi connectivity index (χ4v) is 16.8. The van der Waals surface area contributed by atoms with Crippen molar-refractivity contribution in [2.75, 3.05) is 20.3 Å². The molecule has 0 saturated carbocycles. The van der Waals surface area contributed by atoms with E-state index >= 15 is 4.39 Å². The number of carbonyl (C=O) groups excluding carboxylic acids is 3. The van der Waals surface area contributed by atoms with Crippen molar-refractivity contribution >= 4 is 18.1 Å². The number of halogens is 5. The number of aliphatic hydroxyl groups excluding tert-OH is 3. The molecule has 23 atom stereocenters. The Kier molecular flexibility index (Phi) is 39.9. The van der Waals surface area contributed by atoms with Gasteiger partial charge in [0.2, 0.25) is 0 Å². The Bertz CT molecular complexity index is 4510. The number of ether oxygens (including phenoxy) is 6. The van der Waals surface area contributed by atoms with Crippen LogP contribution in [0.3, 0.4) is 0 Å². The number of benzene rings is 3. The molecule has 0 spiro atoms. The zero-order valence-corrected chi connectivity index (χ0v) is 69.2. The minimum Gasteiger partial charge on any atom is -0.497 e. The van der Waals surface area contributed by atoms with Crippen LogP contribution in [0.4, 0.5) is 36.3 Å². The fourth-order valence-electron chi connectivity index (χ4n) is 16.8. The van der Waals surface area contributed by atoms with Crippen LogP contribution in [-0.4, -0.2) is 190 Å². The molecule has 0 radical (unpaired) electrons. The number of aromatic amines is 2. The molecule has 0 aliphatic carbocycles. The molecular weight excluding hydrogens is 1640 g/mol. The zero-order valence-electron chi connectivity index (χ0n) is 69.2. The molecule has 698 valence electrons. The number of rotatable bonds is 26. The third-order valence-electron chi connectivity index (χ3n) is 24.3. The highest BCUT2D eigenvalue weighted by Gasteiger charge is 2.60. The first kappa shape index (κ1) is 108. The minimum atomic E-state index is -1.85. The van der Waals surface area contributed by atoms with Crippen LogP contribution in [0.2, 0.25) is 0 Å². The molecule has 3 unspecified atom stereocenters. The van der Waals surface area contributed by atoms with Gasteiger partial charge in [-0.05, 0) is 98.4 Å². The van der Waals surface area contributed by atoms with E-state index in [2.05, 4.69) is 88.4 Å². The van der Waals surface area contributed by atoms with E-state index in [1.54, 1.807) is 51.5 Å². The van der Waals surface area contributed by atoms with Gasteiger partial charge in [0.15, 0.2) is 62.0 Å². The number of hydrogen-bond acceptors (Lipinski definition) is 19. The molecule has 5 aromatic rings. The molecule has 13 rings (SSSR count). The van der Waals surface area contributed by atoms with Gasteiger partial charge in [-0.1, -0.05) is 189 Å². The van der Waals surface area contributed by atoms with Gasteiger partial charge in [-0.3, -0.25) is 48.7 Å². The number of H-pyrrole nitrogens is 2. The SMILES string of the molecule is C.C.C.C.C.C=CC[C@]1(CC)O[C@@H](N2C=CC(N)NC2=O)[C@H](F)[C@@H]1C.C=CC[C@]1(CC)O[C@@H](N2C=CC(NC(c3ccccc3)(c3ccccc3)c3ccc(OC)cc3)NC2=O)[C@H](F)[C@@H]1C.C=CC[C@]1(CC)O[C@@H](n2ccc(=O)[nH]c2=O)[C@H](F)[C@@H]1C.C=CC[C@]1(CO)O[C@@H](N2C=CC(N)NC2=O)[C@H](F)[C@@H]1O.C=CC[C@]1(CO)O[C@@H](n2ccc(=O)[nH]c2=O)[C@H](F)[C@@H]1C. The Hall–Kier alpha value is -10.2. The summed E-state index contributed by atoms with van der Waals surface area (Å²) in [5, 5.41) is 40.6. The first-order valence-electron chi connectivity index (χ1n) is 40.2. The lowest BCUT2D eigenvalue weighted by molar-refractivity contribution is -0.130. The lowest BCUT2D eigenvalue weighted by Gasteiger charge is -2.41. The summed E-state index contributed by atoms with van der Waals surface area (Å²) in [6.07, 6.45) is 7.70. The van der Waals surface area contributed by atoms with Crippen molar-refractivity contribution in [2.24, 2.45) is 35.1 Å². The lowest BCUT2D eigenvalue weighted by Crippen LogP contribution is -2.60. The highest BCUT2D eigenvalue weighted by molar-refractivity contribution is 5.78. The molecule has 0 bridgehead atoms. The van der Waals surface area contributed by atoms with Crippen LogP contribution in [0.1, 0.15) is 166 Å². The Morgan fingerprint density at radius 1 is 0.452 bits per heavy atom. The Morgan fingerprint density at radius 2 is 0.762 bits per heavy atom. The van der Waals surface area contributed by atoms with Crippen molar-refractivity contribution in [1.29, 1.82) is 0 Å². The highest BCUT2D eigenvalue weighted by Crippen LogP contribution is 2.50. The van der Waals surface area contributed by atoms with Crippen molar-refractivity contribution in [2.45, 2.75) is 257 Å². The van der Waals surface area contributed by atoms with Gasteiger partial charge in [0, 0.05) is 66.8 Å². The van der Waals surface area contributed by atoms with Crippen molar-refractivity contribution in [3.63, 3.8) is 0 Å². The van der Waals surface area contributed by atoms with E-state index in [0.717, 1.165) is 42.5 Å². The second-order valence-corrected chi connectivity index (χ2v) is 31.0. The van der Waals surface area contributed by atoms with Crippen LogP contribution in [0, 0.1) is 23.7 Å². The van der Waals surface area contributed by atoms with Gasteiger partial charge in [-0.25, -0.2) is 45.9 Å². The summed E-state index contributed by atoms with van der Waals surface area (Å²) < 4.78 is 110. The third-order valence-corrected chi connectivity index (χ3v) is 24.3. The topological polar surface area (TPSA) is 387 Å². The molecule has 6 amide bonds. The number of nitrogens with one attached hydrogen (secondary N) is 6. The molecular formula is C92H134F5N13O16. The van der Waals surface area contributed by atoms with Crippen LogP contribution < -0.4 is 60.0 Å². The molecule has 3 aromatic carbocycles. The van der Waals surface area contributed by atoms with E-state index in [0.29, 0.717) is 38.5 Å². The molecule has 2 aromatic heterocycles. The largest absolute Gasteiger partial charge is 0.497 e. The number of hydrogen-bond donors (Lipinski definition) is 11. The summed E-state index contributed by atoms with van der Waals surface area (Å²) in [6, 6.07) is 28.9. The van der Waals surface area contributed by atoms with Gasteiger partial charge in [0.1, 0.15) is 29.2 Å². The zero-order chi connectivity index (χ0) is 88.7. The number of alkyl halides is 5. The molecule has 5 saturated heterocycles. The molecule has 5 fully saturated rings. The number of nitrogens with two attached hydrogens (primary N) is 2. The summed E-state index contributed by atoms with van der Waals surface area (Å²) in [7, 11) is 1.64. The summed E-state index contributed by atoms with van der Waals surface area (Å²) in [6.45, 7) is 30.2. The van der Waals surface area contributed by atoms with Crippen molar-refractivity contribution in [3.8, 4) is 5.75 Å². The van der Waals surface area contributed by atoms with Gasteiger partial charge in [-0.2, -0.15) is 0 Å². The van der Waals surface area contributed by atoms with Crippen LogP contribution in [0.15, 0.2) is 229 Å². The molecule has 8 aliphatic heterocycles. The Morgan fingerprint density at radius 3 is 1.10 bits per heavy atom. The maximum absolute atomic E-state index is 15.6. The van der Waals surface area contributed by atoms with Gasteiger partial charge < -0.3 is 71.2 Å².